The van der Waals surface area contributed by atoms with E-state index < -0.39 is 150 Å². The maximum atomic E-state index is 15.6. The molecule has 0 saturated carbocycles. The molecule has 5 rings (SSSR count). The van der Waals surface area contributed by atoms with Crippen molar-refractivity contribution in [1.29, 1.82) is 0 Å². The number of halogens is 15. The number of hydrogen-bond donors (Lipinski definition) is 3. The van der Waals surface area contributed by atoms with Crippen LogP contribution < -0.4 is 5.46 Å². The van der Waals surface area contributed by atoms with Gasteiger partial charge in [-0.05, 0) is 39.8 Å². The van der Waals surface area contributed by atoms with Crippen LogP contribution in [0.1, 0.15) is 0 Å². The van der Waals surface area contributed by atoms with Gasteiger partial charge in [0.1, 0.15) is 5.75 Å². The van der Waals surface area contributed by atoms with Crippen molar-refractivity contribution in [2.24, 2.45) is 0 Å². The van der Waals surface area contributed by atoms with E-state index >= 15 is 26.3 Å². The third kappa shape index (κ3) is 5.23. The summed E-state index contributed by atoms with van der Waals surface area (Å²) in [6.07, 6.45) is 0. The lowest BCUT2D eigenvalue weighted by atomic mass is 9.69. The quantitative estimate of drug-likeness (QED) is 0.0755. The van der Waals surface area contributed by atoms with Crippen molar-refractivity contribution in [3.05, 3.63) is 118 Å². The molecular weight excluding hydrogens is 704 g/mol. The van der Waals surface area contributed by atoms with Crippen LogP contribution in [0.4, 0.5) is 65.9 Å². The third-order valence-electron chi connectivity index (χ3n) is 7.19. The van der Waals surface area contributed by atoms with Gasteiger partial charge in [-0.1, -0.05) is 18.2 Å². The molecule has 254 valence electrons. The average molecular weight is 712 g/mol. The Balaban J connectivity index is 2.26. The first-order chi connectivity index (χ1) is 22.8. The van der Waals surface area contributed by atoms with Crippen molar-refractivity contribution < 1.29 is 81.0 Å². The van der Waals surface area contributed by atoms with Crippen molar-refractivity contribution in [2.45, 2.75) is 0 Å². The zero-order chi connectivity index (χ0) is 36.5. The predicted molar refractivity (Wildman–Crippen MR) is 139 cm³/mol. The summed E-state index contributed by atoms with van der Waals surface area (Å²) in [5, 5.41) is 30.1. The molecule has 5 aromatic rings. The summed E-state index contributed by atoms with van der Waals surface area (Å²) in [4.78, 5) is 0. The Morgan fingerprint density at radius 1 is 0.347 bits per heavy atom. The van der Waals surface area contributed by atoms with E-state index in [2.05, 4.69) is 0 Å². The van der Waals surface area contributed by atoms with Crippen molar-refractivity contribution >= 4 is 12.6 Å². The zero-order valence-electron chi connectivity index (χ0n) is 23.0. The van der Waals surface area contributed by atoms with Crippen molar-refractivity contribution in [3.63, 3.8) is 0 Å². The summed E-state index contributed by atoms with van der Waals surface area (Å²) in [7, 11) is -3.40. The van der Waals surface area contributed by atoms with Gasteiger partial charge in [0.15, 0.2) is 69.8 Å². The van der Waals surface area contributed by atoms with E-state index in [1.54, 1.807) is 0 Å². The topological polar surface area (TPSA) is 60.7 Å². The number of rotatable bonds is 5. The molecule has 0 aliphatic heterocycles. The fourth-order valence-electron chi connectivity index (χ4n) is 5.04. The number of aromatic hydroxyl groups is 1. The second kappa shape index (κ2) is 12.4. The SMILES string of the molecule is OB(O)c1cc(-c2c(F)c(F)c(F)c(F)c2F)c(-c2ccc(O)cc2)c(-c2c(F)c(F)c(F)c(F)c2F)c1-c1c(F)c(F)c(F)c(F)c1F. The van der Waals surface area contributed by atoms with Crippen LogP contribution in [0.15, 0.2) is 30.3 Å². The Bertz CT molecular complexity index is 2140. The van der Waals surface area contributed by atoms with E-state index in [0.29, 0.717) is 24.3 Å². The number of phenols is 1. The predicted octanol–water partition coefficient (Wildman–Crippen LogP) is 7.83. The molecule has 0 saturated heterocycles. The minimum absolute atomic E-state index is 0.0753. The second-order valence-corrected chi connectivity index (χ2v) is 9.89. The summed E-state index contributed by atoms with van der Waals surface area (Å²) in [6.45, 7) is 0. The first-order valence-corrected chi connectivity index (χ1v) is 12.8. The van der Waals surface area contributed by atoms with Gasteiger partial charge in [-0.2, -0.15) is 0 Å². The average Bonchev–Trinajstić information content (AvgIpc) is 3.07. The van der Waals surface area contributed by atoms with Crippen LogP contribution in [0.25, 0.3) is 44.5 Å². The van der Waals surface area contributed by atoms with Crippen LogP contribution in [0.5, 0.6) is 5.75 Å². The zero-order valence-corrected chi connectivity index (χ0v) is 23.0. The molecule has 0 radical (unpaired) electrons. The fourth-order valence-corrected chi connectivity index (χ4v) is 5.04. The molecule has 19 heteroatoms. The highest BCUT2D eigenvalue weighted by Gasteiger charge is 2.39. The van der Waals surface area contributed by atoms with E-state index in [-0.39, 0.29) is 6.07 Å². The number of hydrogen-bond acceptors (Lipinski definition) is 3. The van der Waals surface area contributed by atoms with E-state index in [1.165, 1.54) is 0 Å². The summed E-state index contributed by atoms with van der Waals surface area (Å²) in [5.41, 5.74) is -16.6. The van der Waals surface area contributed by atoms with Crippen LogP contribution in [0, 0.1) is 87.3 Å². The Labute approximate surface area is 261 Å². The Morgan fingerprint density at radius 3 is 1.00 bits per heavy atom. The second-order valence-electron chi connectivity index (χ2n) is 9.89. The molecule has 3 N–H and O–H groups in total. The largest absolute Gasteiger partial charge is 0.508 e. The summed E-state index contributed by atoms with van der Waals surface area (Å²) in [5.74, 6) is -43.3. The molecule has 5 aromatic carbocycles. The van der Waals surface area contributed by atoms with E-state index in [1.807, 2.05) is 0 Å². The van der Waals surface area contributed by atoms with Crippen LogP contribution >= 0.6 is 0 Å². The van der Waals surface area contributed by atoms with Crippen molar-refractivity contribution in [1.82, 2.24) is 0 Å². The highest BCUT2D eigenvalue weighted by molar-refractivity contribution is 6.61. The number of benzene rings is 5. The molecule has 0 bridgehead atoms. The van der Waals surface area contributed by atoms with E-state index in [4.69, 9.17) is 0 Å². The molecular formula is C30H8BF15O3. The molecule has 0 unspecified atom stereocenters. The standard InChI is InChI=1S/C30H8BF15O3/c32-16-11(17(33)23(39)28(44)22(16)38)8-5-9(31(48)49)12(14-18(34)24(40)29(45)25(41)19(14)35)13(10(8)6-1-3-7(47)4-2-6)15-20(36)26(42)30(46)27(43)21(15)37/h1-5,47-49H. The van der Waals surface area contributed by atoms with Crippen molar-refractivity contribution in [2.75, 3.05) is 0 Å². The minimum atomic E-state index is -3.40. The van der Waals surface area contributed by atoms with Crippen LogP contribution in [0.2, 0.25) is 0 Å². The smallest absolute Gasteiger partial charge is 0.489 e. The lowest BCUT2D eigenvalue weighted by Crippen LogP contribution is -2.33. The summed E-state index contributed by atoms with van der Waals surface area (Å²) in [6, 6.07) is 2.40. The Hall–Kier alpha value is -5.17. The Kier molecular flexibility index (Phi) is 8.88. The lowest BCUT2D eigenvalue weighted by molar-refractivity contribution is 0.380. The lowest BCUT2D eigenvalue weighted by Gasteiger charge is -2.25. The molecule has 0 spiro atoms. The Morgan fingerprint density at radius 2 is 0.653 bits per heavy atom. The fraction of sp³-hybridized carbons (Fsp3) is 0. The van der Waals surface area contributed by atoms with Gasteiger partial charge in [-0.3, -0.25) is 0 Å². The highest BCUT2D eigenvalue weighted by Crippen LogP contribution is 2.50. The number of phenolic OH excluding ortho intramolecular Hbond substituents is 1. The molecule has 0 atom stereocenters. The van der Waals surface area contributed by atoms with Crippen LogP contribution in [0.3, 0.4) is 0 Å². The normalized spacial score (nSPS) is 11.4. The summed E-state index contributed by atoms with van der Waals surface area (Å²) >= 11 is 0. The highest BCUT2D eigenvalue weighted by atomic mass is 19.2. The van der Waals surface area contributed by atoms with Gasteiger partial charge < -0.3 is 15.2 Å². The summed E-state index contributed by atoms with van der Waals surface area (Å²) < 4.78 is 222. The monoisotopic (exact) mass is 712 g/mol. The van der Waals surface area contributed by atoms with Gasteiger partial charge in [0, 0.05) is 5.56 Å². The molecule has 0 amide bonds. The van der Waals surface area contributed by atoms with E-state index in [9.17, 15) is 54.7 Å². The first kappa shape index (κ1) is 35.2. The molecule has 0 aromatic heterocycles. The maximum Gasteiger partial charge on any atom is 0.489 e. The van der Waals surface area contributed by atoms with Gasteiger partial charge in [-0.25, -0.2) is 65.9 Å². The molecule has 49 heavy (non-hydrogen) atoms. The first-order valence-electron chi connectivity index (χ1n) is 12.8. The van der Waals surface area contributed by atoms with Gasteiger partial charge in [0.05, 0.1) is 16.7 Å². The van der Waals surface area contributed by atoms with Gasteiger partial charge in [-0.15, -0.1) is 0 Å². The molecule has 0 aliphatic rings. The molecule has 0 fully saturated rings. The van der Waals surface area contributed by atoms with Crippen LogP contribution in [-0.4, -0.2) is 22.3 Å². The van der Waals surface area contributed by atoms with Crippen LogP contribution in [-0.2, 0) is 0 Å². The van der Waals surface area contributed by atoms with Gasteiger partial charge in [0.25, 0.3) is 0 Å². The maximum absolute atomic E-state index is 15.6. The molecule has 3 nitrogen and oxygen atoms in total. The third-order valence-corrected chi connectivity index (χ3v) is 7.19. The van der Waals surface area contributed by atoms with Crippen molar-refractivity contribution in [3.8, 4) is 50.3 Å². The molecule has 0 aliphatic carbocycles. The van der Waals surface area contributed by atoms with E-state index in [0.717, 1.165) is 0 Å². The molecule has 0 heterocycles. The minimum Gasteiger partial charge on any atom is -0.508 e. The van der Waals surface area contributed by atoms with Gasteiger partial charge in [0.2, 0.25) is 17.5 Å². The van der Waals surface area contributed by atoms with Gasteiger partial charge >= 0.3 is 7.12 Å².